The highest BCUT2D eigenvalue weighted by molar-refractivity contribution is 4.88. The minimum Gasteiger partial charge on any atom is -0.314 e. The van der Waals surface area contributed by atoms with Crippen LogP contribution in [0, 0.1) is 5.41 Å². The molecule has 0 saturated carbocycles. The van der Waals surface area contributed by atoms with Gasteiger partial charge in [0.05, 0.1) is 0 Å². The van der Waals surface area contributed by atoms with Crippen LogP contribution in [0.5, 0.6) is 0 Å². The number of rotatable bonds is 6. The van der Waals surface area contributed by atoms with Gasteiger partial charge in [0.15, 0.2) is 0 Å². The second-order valence-corrected chi connectivity index (χ2v) is 6.52. The molecule has 106 valence electrons. The van der Waals surface area contributed by atoms with Gasteiger partial charge in [0.25, 0.3) is 0 Å². The van der Waals surface area contributed by atoms with Crippen molar-refractivity contribution in [1.29, 1.82) is 0 Å². The summed E-state index contributed by atoms with van der Waals surface area (Å²) in [6.07, 6.45) is 11.2. The highest BCUT2D eigenvalue weighted by Gasteiger charge is 2.34. The average Bonchev–Trinajstić information content (AvgIpc) is 2.84. The molecule has 1 N–H and O–H groups in total. The Morgan fingerprint density at radius 2 is 2.06 bits per heavy atom. The molecule has 2 aliphatic heterocycles. The standard InChI is InChI=1S/C16H32N2/c1-3-16(4-2)10-13-18(14-16)12-7-9-15-8-5-6-11-17-15/h15,17H,3-14H2,1-2H3. The molecule has 0 amide bonds. The van der Waals surface area contributed by atoms with E-state index in [-0.39, 0.29) is 0 Å². The monoisotopic (exact) mass is 252 g/mol. The summed E-state index contributed by atoms with van der Waals surface area (Å²) in [5, 5.41) is 3.66. The van der Waals surface area contributed by atoms with Gasteiger partial charge in [-0.3, -0.25) is 0 Å². The molecule has 2 saturated heterocycles. The molecule has 2 nitrogen and oxygen atoms in total. The molecule has 18 heavy (non-hydrogen) atoms. The van der Waals surface area contributed by atoms with Crippen molar-refractivity contribution in [3.8, 4) is 0 Å². The summed E-state index contributed by atoms with van der Waals surface area (Å²) in [4.78, 5) is 2.72. The minimum atomic E-state index is 0.656. The zero-order valence-corrected chi connectivity index (χ0v) is 12.5. The molecule has 2 heteroatoms. The number of nitrogens with one attached hydrogen (secondary N) is 1. The van der Waals surface area contributed by atoms with E-state index >= 15 is 0 Å². The van der Waals surface area contributed by atoms with Gasteiger partial charge < -0.3 is 10.2 Å². The van der Waals surface area contributed by atoms with E-state index in [1.807, 2.05) is 0 Å². The van der Waals surface area contributed by atoms with Crippen LogP contribution in [0.1, 0.15) is 65.2 Å². The maximum absolute atomic E-state index is 3.66. The Labute approximate surface area is 114 Å². The van der Waals surface area contributed by atoms with Crippen molar-refractivity contribution in [1.82, 2.24) is 10.2 Å². The largest absolute Gasteiger partial charge is 0.314 e. The fourth-order valence-electron chi connectivity index (χ4n) is 3.78. The molecule has 2 aliphatic rings. The number of nitrogens with zero attached hydrogens (tertiary/aromatic N) is 1. The van der Waals surface area contributed by atoms with Crippen LogP contribution in [-0.2, 0) is 0 Å². The summed E-state index contributed by atoms with van der Waals surface area (Å²) >= 11 is 0. The highest BCUT2D eigenvalue weighted by atomic mass is 15.2. The van der Waals surface area contributed by atoms with E-state index in [4.69, 9.17) is 0 Å². The molecule has 0 spiro atoms. The van der Waals surface area contributed by atoms with E-state index < -0.39 is 0 Å². The number of piperidine rings is 1. The highest BCUT2D eigenvalue weighted by Crippen LogP contribution is 2.36. The van der Waals surface area contributed by atoms with Crippen molar-refractivity contribution in [2.24, 2.45) is 5.41 Å². The van der Waals surface area contributed by atoms with E-state index in [2.05, 4.69) is 24.1 Å². The zero-order chi connectivity index (χ0) is 12.8. The van der Waals surface area contributed by atoms with Gasteiger partial charge in [-0.1, -0.05) is 20.3 Å². The SMILES string of the molecule is CCC1(CC)CCN(CCCC2CCCCN2)C1. The lowest BCUT2D eigenvalue weighted by Gasteiger charge is -2.27. The van der Waals surface area contributed by atoms with Crippen molar-refractivity contribution >= 4 is 0 Å². The van der Waals surface area contributed by atoms with Crippen LogP contribution in [0.15, 0.2) is 0 Å². The van der Waals surface area contributed by atoms with Crippen LogP contribution in [0.3, 0.4) is 0 Å². The fourth-order valence-corrected chi connectivity index (χ4v) is 3.78. The van der Waals surface area contributed by atoms with E-state index in [1.165, 1.54) is 77.5 Å². The summed E-state index contributed by atoms with van der Waals surface area (Å²) < 4.78 is 0. The minimum absolute atomic E-state index is 0.656. The van der Waals surface area contributed by atoms with Crippen molar-refractivity contribution in [2.75, 3.05) is 26.2 Å². The first-order valence-electron chi connectivity index (χ1n) is 8.24. The summed E-state index contributed by atoms with van der Waals surface area (Å²) in [6, 6.07) is 0.823. The van der Waals surface area contributed by atoms with Crippen molar-refractivity contribution in [3.63, 3.8) is 0 Å². The lowest BCUT2D eigenvalue weighted by atomic mass is 9.82. The second kappa shape index (κ2) is 6.91. The molecule has 2 fully saturated rings. The van der Waals surface area contributed by atoms with Crippen LogP contribution < -0.4 is 5.32 Å². The van der Waals surface area contributed by atoms with Gasteiger partial charge in [-0.25, -0.2) is 0 Å². The predicted molar refractivity (Wildman–Crippen MR) is 78.9 cm³/mol. The van der Waals surface area contributed by atoms with Gasteiger partial charge >= 0.3 is 0 Å². The second-order valence-electron chi connectivity index (χ2n) is 6.52. The Bertz CT molecular complexity index is 229. The van der Waals surface area contributed by atoms with Crippen molar-refractivity contribution < 1.29 is 0 Å². The zero-order valence-electron chi connectivity index (χ0n) is 12.5. The molecular weight excluding hydrogens is 220 g/mol. The normalized spacial score (nSPS) is 28.7. The Hall–Kier alpha value is -0.0800. The molecule has 0 aromatic carbocycles. The molecule has 1 atom stereocenters. The number of hydrogen-bond acceptors (Lipinski definition) is 2. The van der Waals surface area contributed by atoms with Crippen LogP contribution in [0.4, 0.5) is 0 Å². The van der Waals surface area contributed by atoms with Gasteiger partial charge in [-0.05, 0) is 70.0 Å². The summed E-state index contributed by atoms with van der Waals surface area (Å²) in [7, 11) is 0. The molecule has 2 rings (SSSR count). The average molecular weight is 252 g/mol. The Morgan fingerprint density at radius 3 is 2.67 bits per heavy atom. The third-order valence-corrected chi connectivity index (χ3v) is 5.46. The Kier molecular flexibility index (Phi) is 5.50. The van der Waals surface area contributed by atoms with Gasteiger partial charge in [0.2, 0.25) is 0 Å². The Morgan fingerprint density at radius 1 is 1.22 bits per heavy atom. The molecule has 1 unspecified atom stereocenters. The van der Waals surface area contributed by atoms with Gasteiger partial charge in [0.1, 0.15) is 0 Å². The molecule has 0 aromatic rings. The third kappa shape index (κ3) is 3.71. The van der Waals surface area contributed by atoms with Gasteiger partial charge in [-0.15, -0.1) is 0 Å². The molecular formula is C16H32N2. The third-order valence-electron chi connectivity index (χ3n) is 5.46. The molecule has 2 heterocycles. The first kappa shape index (κ1) is 14.3. The van der Waals surface area contributed by atoms with Crippen LogP contribution in [-0.4, -0.2) is 37.1 Å². The Balaban J connectivity index is 1.62. The topological polar surface area (TPSA) is 15.3 Å². The maximum atomic E-state index is 3.66. The van der Waals surface area contributed by atoms with Gasteiger partial charge in [-0.2, -0.15) is 0 Å². The number of likely N-dealkylation sites (tertiary alicyclic amines) is 1. The van der Waals surface area contributed by atoms with Crippen LogP contribution in [0.2, 0.25) is 0 Å². The quantitative estimate of drug-likeness (QED) is 0.779. The molecule has 0 radical (unpaired) electrons. The lowest BCUT2D eigenvalue weighted by Crippen LogP contribution is -2.35. The van der Waals surface area contributed by atoms with Crippen molar-refractivity contribution in [2.45, 2.75) is 71.3 Å². The van der Waals surface area contributed by atoms with Gasteiger partial charge in [0, 0.05) is 12.6 Å². The smallest absolute Gasteiger partial charge is 0.00675 e. The molecule has 0 bridgehead atoms. The van der Waals surface area contributed by atoms with Crippen molar-refractivity contribution in [3.05, 3.63) is 0 Å². The van der Waals surface area contributed by atoms with E-state index in [0.29, 0.717) is 5.41 Å². The lowest BCUT2D eigenvalue weighted by molar-refractivity contribution is 0.234. The van der Waals surface area contributed by atoms with E-state index in [9.17, 15) is 0 Å². The molecule has 0 aromatic heterocycles. The fraction of sp³-hybridized carbons (Fsp3) is 1.00. The van der Waals surface area contributed by atoms with Crippen LogP contribution >= 0.6 is 0 Å². The number of hydrogen-bond donors (Lipinski definition) is 1. The first-order chi connectivity index (χ1) is 8.78. The van der Waals surface area contributed by atoms with E-state index in [0.717, 1.165) is 6.04 Å². The summed E-state index contributed by atoms with van der Waals surface area (Å²) in [5.74, 6) is 0. The summed E-state index contributed by atoms with van der Waals surface area (Å²) in [5.41, 5.74) is 0.656. The van der Waals surface area contributed by atoms with E-state index in [1.54, 1.807) is 0 Å². The van der Waals surface area contributed by atoms with Crippen LogP contribution in [0.25, 0.3) is 0 Å². The maximum Gasteiger partial charge on any atom is 0.00675 e. The predicted octanol–water partition coefficient (Wildman–Crippen LogP) is 3.42. The molecule has 0 aliphatic carbocycles. The first-order valence-corrected chi connectivity index (χ1v) is 8.24. The summed E-state index contributed by atoms with van der Waals surface area (Å²) in [6.45, 7) is 10.0.